The lowest BCUT2D eigenvalue weighted by atomic mass is 9.93. The van der Waals surface area contributed by atoms with Crippen LogP contribution in [0, 0.1) is 0 Å². The lowest BCUT2D eigenvalue weighted by molar-refractivity contribution is 0.0974. The van der Waals surface area contributed by atoms with E-state index in [1.807, 2.05) is 6.07 Å². The van der Waals surface area contributed by atoms with Crippen LogP contribution in [0.15, 0.2) is 12.1 Å². The summed E-state index contributed by atoms with van der Waals surface area (Å²) in [5.74, 6) is 0.565. The first-order chi connectivity index (χ1) is 13.6. The molecule has 0 unspecified atom stereocenters. The minimum Gasteiger partial charge on any atom is -0.331 e. The Labute approximate surface area is 169 Å². The molecule has 2 heterocycles. The molecule has 5 heteroatoms. The Balaban J connectivity index is 1.78. The molecular weight excluding hydrogens is 368 g/mol. The van der Waals surface area contributed by atoms with Crippen molar-refractivity contribution in [2.75, 3.05) is 19.6 Å². The van der Waals surface area contributed by atoms with E-state index < -0.39 is 0 Å². The van der Waals surface area contributed by atoms with Gasteiger partial charge < -0.3 is 9.47 Å². The van der Waals surface area contributed by atoms with Crippen LogP contribution >= 0.6 is 11.3 Å². The van der Waals surface area contributed by atoms with Crippen molar-refractivity contribution in [2.24, 2.45) is 0 Å². The van der Waals surface area contributed by atoms with Crippen molar-refractivity contribution in [2.45, 2.75) is 52.5 Å². The molecular formula is C23H26N2O2S. The molecule has 5 rings (SSSR count). The van der Waals surface area contributed by atoms with Crippen molar-refractivity contribution < 1.29 is 9.59 Å². The lowest BCUT2D eigenvalue weighted by Crippen LogP contribution is -2.26. The topological polar surface area (TPSA) is 42.3 Å². The molecule has 0 radical (unpaired) electrons. The van der Waals surface area contributed by atoms with Gasteiger partial charge in [-0.1, -0.05) is 13.8 Å². The second kappa shape index (κ2) is 6.82. The average molecular weight is 395 g/mol. The number of benzene rings is 1. The summed E-state index contributed by atoms with van der Waals surface area (Å²) in [7, 11) is 0. The van der Waals surface area contributed by atoms with E-state index in [0.717, 1.165) is 55.9 Å². The Morgan fingerprint density at radius 3 is 2.57 bits per heavy atom. The summed E-state index contributed by atoms with van der Waals surface area (Å²) in [4.78, 5) is 29.6. The van der Waals surface area contributed by atoms with Crippen molar-refractivity contribution in [1.29, 1.82) is 0 Å². The predicted octanol–water partition coefficient (Wildman–Crippen LogP) is 4.85. The molecule has 3 aromatic rings. The maximum Gasteiger partial charge on any atom is 0.173 e. The highest BCUT2D eigenvalue weighted by atomic mass is 32.1. The first-order valence-corrected chi connectivity index (χ1v) is 11.3. The van der Waals surface area contributed by atoms with Gasteiger partial charge in [-0.3, -0.25) is 9.59 Å². The van der Waals surface area contributed by atoms with E-state index in [0.29, 0.717) is 18.6 Å². The van der Waals surface area contributed by atoms with Crippen LogP contribution in [-0.4, -0.2) is 40.7 Å². The monoisotopic (exact) mass is 394 g/mol. The van der Waals surface area contributed by atoms with Crippen LogP contribution in [0.5, 0.6) is 0 Å². The predicted molar refractivity (Wildman–Crippen MR) is 115 cm³/mol. The van der Waals surface area contributed by atoms with E-state index in [1.165, 1.54) is 32.2 Å². The Kier molecular flexibility index (Phi) is 4.40. The van der Waals surface area contributed by atoms with Gasteiger partial charge in [-0.05, 0) is 55.6 Å². The summed E-state index contributed by atoms with van der Waals surface area (Å²) in [6.45, 7) is 8.41. The number of carbonyl (C=O) groups excluding carboxylic acids is 2. The van der Waals surface area contributed by atoms with Gasteiger partial charge in [-0.15, -0.1) is 11.3 Å². The Morgan fingerprint density at radius 1 is 0.964 bits per heavy atom. The van der Waals surface area contributed by atoms with Gasteiger partial charge in [0.2, 0.25) is 0 Å². The summed E-state index contributed by atoms with van der Waals surface area (Å²) in [5.41, 5.74) is 4.60. The number of fused-ring (bicyclic) bond motifs is 7. The summed E-state index contributed by atoms with van der Waals surface area (Å²) >= 11 is 1.68. The normalized spacial score (nSPS) is 16.5. The zero-order valence-electron chi connectivity index (χ0n) is 16.6. The maximum absolute atomic E-state index is 12.6. The van der Waals surface area contributed by atoms with Crippen molar-refractivity contribution in [1.82, 2.24) is 9.47 Å². The molecule has 0 spiro atoms. The average Bonchev–Trinajstić information content (AvgIpc) is 3.35. The van der Waals surface area contributed by atoms with Gasteiger partial charge in [0.15, 0.2) is 11.6 Å². The summed E-state index contributed by atoms with van der Waals surface area (Å²) in [6.07, 6.45) is 4.04. The van der Waals surface area contributed by atoms with Gasteiger partial charge in [-0.25, -0.2) is 0 Å². The Bertz CT molecular complexity index is 1120. The van der Waals surface area contributed by atoms with Crippen LogP contribution in [0.1, 0.15) is 64.3 Å². The van der Waals surface area contributed by atoms with Crippen LogP contribution < -0.4 is 0 Å². The standard InChI is InChI=1S/C23H26N2O2S/c1-3-24(4-2)12-13-25-17-10-8-14-15(9-11-18(14)26)20(17)21-16-6-5-7-19(27)22(16)28-23(21)25/h8,10H,3-7,9,11-13H2,1-2H3. The number of likely N-dealkylation sites (N-methyl/N-ethyl adjacent to an activating group) is 1. The maximum atomic E-state index is 12.6. The second-order valence-corrected chi connectivity index (χ2v) is 8.95. The number of aryl methyl sites for hydroxylation is 2. The molecule has 0 N–H and O–H groups in total. The van der Waals surface area contributed by atoms with Crippen LogP contribution in [0.2, 0.25) is 0 Å². The van der Waals surface area contributed by atoms with Crippen molar-refractivity contribution >= 4 is 44.0 Å². The van der Waals surface area contributed by atoms with Gasteiger partial charge in [-0.2, -0.15) is 0 Å². The van der Waals surface area contributed by atoms with Crippen molar-refractivity contribution in [3.05, 3.63) is 33.7 Å². The number of carbonyl (C=O) groups is 2. The molecule has 146 valence electrons. The number of nitrogens with zero attached hydrogens (tertiary/aromatic N) is 2. The molecule has 0 saturated heterocycles. The largest absolute Gasteiger partial charge is 0.331 e. The third-order valence-electron chi connectivity index (χ3n) is 6.59. The summed E-state index contributed by atoms with van der Waals surface area (Å²) < 4.78 is 2.42. The molecule has 1 aromatic carbocycles. The molecule has 0 bridgehead atoms. The number of hydrogen-bond donors (Lipinski definition) is 0. The number of thiophene rings is 1. The van der Waals surface area contributed by atoms with Crippen LogP contribution in [-0.2, 0) is 19.4 Å². The minimum absolute atomic E-state index is 0.265. The van der Waals surface area contributed by atoms with Gasteiger partial charge >= 0.3 is 0 Å². The first-order valence-electron chi connectivity index (χ1n) is 10.5. The molecule has 2 aromatic heterocycles. The van der Waals surface area contributed by atoms with Gasteiger partial charge in [0, 0.05) is 42.3 Å². The fraction of sp³-hybridized carbons (Fsp3) is 0.478. The molecule has 2 aliphatic carbocycles. The fourth-order valence-corrected chi connectivity index (χ4v) is 6.41. The third kappa shape index (κ3) is 2.52. The molecule has 0 amide bonds. The van der Waals surface area contributed by atoms with Crippen LogP contribution in [0.4, 0.5) is 0 Å². The highest BCUT2D eigenvalue weighted by molar-refractivity contribution is 7.21. The quantitative estimate of drug-likeness (QED) is 0.621. The first kappa shape index (κ1) is 18.1. The van der Waals surface area contributed by atoms with Gasteiger partial charge in [0.1, 0.15) is 4.83 Å². The Morgan fingerprint density at radius 2 is 1.79 bits per heavy atom. The summed E-state index contributed by atoms with van der Waals surface area (Å²) in [5, 5.41) is 2.53. The molecule has 0 aliphatic heterocycles. The van der Waals surface area contributed by atoms with E-state index in [4.69, 9.17) is 0 Å². The zero-order chi connectivity index (χ0) is 19.4. The smallest absolute Gasteiger partial charge is 0.173 e. The van der Waals surface area contributed by atoms with E-state index in [2.05, 4.69) is 29.4 Å². The van der Waals surface area contributed by atoms with E-state index in [-0.39, 0.29) is 5.78 Å². The molecule has 28 heavy (non-hydrogen) atoms. The fourth-order valence-electron chi connectivity index (χ4n) is 5.05. The zero-order valence-corrected chi connectivity index (χ0v) is 17.5. The number of Topliss-reactive ketones (excluding diaryl/α,β-unsaturated/α-hetero) is 2. The van der Waals surface area contributed by atoms with Gasteiger partial charge in [0.25, 0.3) is 0 Å². The second-order valence-electron chi connectivity index (χ2n) is 7.95. The molecule has 2 aliphatic rings. The minimum atomic E-state index is 0.265. The third-order valence-corrected chi connectivity index (χ3v) is 7.88. The SMILES string of the molecule is CCN(CC)CCn1c2ccc3c(c2c2c4c(sc21)C(=O)CCC4)CCC3=O. The van der Waals surface area contributed by atoms with E-state index in [1.54, 1.807) is 11.3 Å². The van der Waals surface area contributed by atoms with Crippen LogP contribution in [0.25, 0.3) is 21.1 Å². The van der Waals surface area contributed by atoms with Gasteiger partial charge in [0.05, 0.1) is 10.4 Å². The number of ketones is 2. The number of aromatic nitrogens is 1. The van der Waals surface area contributed by atoms with E-state index >= 15 is 0 Å². The molecule has 0 fully saturated rings. The van der Waals surface area contributed by atoms with Crippen molar-refractivity contribution in [3.63, 3.8) is 0 Å². The van der Waals surface area contributed by atoms with Crippen molar-refractivity contribution in [3.8, 4) is 0 Å². The van der Waals surface area contributed by atoms with E-state index in [9.17, 15) is 9.59 Å². The molecule has 0 atom stereocenters. The highest BCUT2D eigenvalue weighted by Crippen LogP contribution is 2.45. The highest BCUT2D eigenvalue weighted by Gasteiger charge is 2.30. The van der Waals surface area contributed by atoms with Crippen LogP contribution in [0.3, 0.4) is 0 Å². The number of rotatable bonds is 5. The Hall–Kier alpha value is -1.98. The number of hydrogen-bond acceptors (Lipinski definition) is 4. The molecule has 0 saturated carbocycles. The molecule has 4 nitrogen and oxygen atoms in total. The summed E-state index contributed by atoms with van der Waals surface area (Å²) in [6, 6.07) is 4.17. The lowest BCUT2D eigenvalue weighted by Gasteiger charge is -2.19.